The molecular formula is C17H21N3O4. The number of likely N-dealkylation sites (tertiary alicyclic amines) is 1. The number of rotatable bonds is 4. The van der Waals surface area contributed by atoms with E-state index in [2.05, 4.69) is 5.32 Å². The van der Waals surface area contributed by atoms with E-state index in [0.29, 0.717) is 24.3 Å². The Bertz CT molecular complexity index is 626. The average molecular weight is 331 g/mol. The van der Waals surface area contributed by atoms with Gasteiger partial charge in [-0.1, -0.05) is 12.1 Å². The fourth-order valence-corrected chi connectivity index (χ4v) is 3.21. The largest absolute Gasteiger partial charge is 0.450 e. The van der Waals surface area contributed by atoms with E-state index in [-0.39, 0.29) is 24.5 Å². The fraction of sp³-hybridized carbons (Fsp3) is 0.471. The molecule has 0 aromatic heterocycles. The first-order valence-corrected chi connectivity index (χ1v) is 8.21. The molecule has 3 rings (SSSR count). The molecule has 2 aliphatic rings. The van der Waals surface area contributed by atoms with E-state index in [1.807, 2.05) is 4.90 Å². The van der Waals surface area contributed by atoms with Crippen molar-refractivity contribution in [2.24, 2.45) is 0 Å². The van der Waals surface area contributed by atoms with Crippen LogP contribution in [0.3, 0.4) is 0 Å². The standard InChI is InChI=1S/C17H21N3O4/c1-2-24-17(23)18-12-6-5-9-19(10-12)11-20-15(21)13-7-3-4-8-14(13)16(20)22/h3-4,7-8,12H,2,5-6,9-11H2,1H3,(H,18,23)/t12-/m1/s1. The Morgan fingerprint density at radius 1 is 1.25 bits per heavy atom. The van der Waals surface area contributed by atoms with Gasteiger partial charge in [-0.05, 0) is 38.4 Å². The number of imide groups is 1. The highest BCUT2D eigenvalue weighted by atomic mass is 16.5. The first-order chi connectivity index (χ1) is 11.6. The van der Waals surface area contributed by atoms with Crippen LogP contribution in [0.1, 0.15) is 40.5 Å². The van der Waals surface area contributed by atoms with Crippen LogP contribution < -0.4 is 5.32 Å². The second-order valence-corrected chi connectivity index (χ2v) is 6.01. The van der Waals surface area contributed by atoms with Gasteiger partial charge in [0.25, 0.3) is 11.8 Å². The number of nitrogens with zero attached hydrogens (tertiary/aromatic N) is 2. The van der Waals surface area contributed by atoms with Gasteiger partial charge in [0.05, 0.1) is 24.4 Å². The van der Waals surface area contributed by atoms with E-state index in [1.165, 1.54) is 4.90 Å². The maximum Gasteiger partial charge on any atom is 0.407 e. The Kier molecular flexibility index (Phi) is 4.80. The van der Waals surface area contributed by atoms with E-state index in [9.17, 15) is 14.4 Å². The van der Waals surface area contributed by atoms with Crippen LogP contribution in [-0.4, -0.2) is 60.1 Å². The summed E-state index contributed by atoms with van der Waals surface area (Å²) in [6, 6.07) is 6.84. The molecule has 0 unspecified atom stereocenters. The Morgan fingerprint density at radius 2 is 1.92 bits per heavy atom. The SMILES string of the molecule is CCOC(=O)N[C@@H]1CCCN(CN2C(=O)c3ccccc3C2=O)C1. The molecule has 2 heterocycles. The predicted molar refractivity (Wildman–Crippen MR) is 86.6 cm³/mol. The van der Waals surface area contributed by atoms with Crippen molar-refractivity contribution in [1.82, 2.24) is 15.1 Å². The zero-order valence-electron chi connectivity index (χ0n) is 13.7. The van der Waals surface area contributed by atoms with Crippen molar-refractivity contribution in [3.05, 3.63) is 35.4 Å². The zero-order valence-corrected chi connectivity index (χ0v) is 13.7. The van der Waals surface area contributed by atoms with E-state index >= 15 is 0 Å². The van der Waals surface area contributed by atoms with Crippen LogP contribution >= 0.6 is 0 Å². The Balaban J connectivity index is 1.61. The van der Waals surface area contributed by atoms with Crippen molar-refractivity contribution < 1.29 is 19.1 Å². The van der Waals surface area contributed by atoms with Gasteiger partial charge in [-0.15, -0.1) is 0 Å². The molecule has 128 valence electrons. The van der Waals surface area contributed by atoms with E-state index in [1.54, 1.807) is 31.2 Å². The van der Waals surface area contributed by atoms with E-state index in [0.717, 1.165) is 19.4 Å². The van der Waals surface area contributed by atoms with Crippen LogP contribution in [0.4, 0.5) is 4.79 Å². The van der Waals surface area contributed by atoms with Gasteiger partial charge in [-0.2, -0.15) is 0 Å². The number of hydrogen-bond acceptors (Lipinski definition) is 5. The Hall–Kier alpha value is -2.41. The lowest BCUT2D eigenvalue weighted by Gasteiger charge is -2.34. The molecule has 3 amide bonds. The fourth-order valence-electron chi connectivity index (χ4n) is 3.21. The number of ether oxygens (including phenoxy) is 1. The Morgan fingerprint density at radius 3 is 2.54 bits per heavy atom. The minimum Gasteiger partial charge on any atom is -0.450 e. The third kappa shape index (κ3) is 3.26. The molecule has 7 nitrogen and oxygen atoms in total. The second-order valence-electron chi connectivity index (χ2n) is 6.01. The Labute approximate surface area is 140 Å². The smallest absolute Gasteiger partial charge is 0.407 e. The number of amides is 3. The van der Waals surface area contributed by atoms with Gasteiger partial charge in [0, 0.05) is 12.6 Å². The average Bonchev–Trinajstić information content (AvgIpc) is 2.81. The van der Waals surface area contributed by atoms with Gasteiger partial charge in [0.15, 0.2) is 0 Å². The van der Waals surface area contributed by atoms with Gasteiger partial charge < -0.3 is 10.1 Å². The predicted octanol–water partition coefficient (Wildman–Crippen LogP) is 1.45. The molecule has 1 N–H and O–H groups in total. The molecule has 0 radical (unpaired) electrons. The number of carbonyl (C=O) groups is 3. The van der Waals surface area contributed by atoms with Crippen LogP contribution in [0.15, 0.2) is 24.3 Å². The van der Waals surface area contributed by atoms with Gasteiger partial charge in [0.2, 0.25) is 0 Å². The van der Waals surface area contributed by atoms with Crippen molar-refractivity contribution in [3.8, 4) is 0 Å². The summed E-state index contributed by atoms with van der Waals surface area (Å²) in [5, 5.41) is 2.82. The van der Waals surface area contributed by atoms with Gasteiger partial charge >= 0.3 is 6.09 Å². The minimum absolute atomic E-state index is 0.0343. The molecule has 7 heteroatoms. The normalized spacial score (nSPS) is 20.9. The lowest BCUT2D eigenvalue weighted by molar-refractivity contribution is 0.0493. The maximum absolute atomic E-state index is 12.4. The lowest BCUT2D eigenvalue weighted by Crippen LogP contribution is -2.51. The molecule has 0 saturated carbocycles. The van der Waals surface area contributed by atoms with Crippen molar-refractivity contribution in [2.45, 2.75) is 25.8 Å². The summed E-state index contributed by atoms with van der Waals surface area (Å²) in [7, 11) is 0. The molecule has 0 bridgehead atoms. The molecule has 1 aromatic carbocycles. The third-order valence-electron chi connectivity index (χ3n) is 4.32. The summed E-state index contributed by atoms with van der Waals surface area (Å²) in [4.78, 5) is 39.7. The van der Waals surface area contributed by atoms with Gasteiger partial charge in [-0.3, -0.25) is 19.4 Å². The van der Waals surface area contributed by atoms with Crippen molar-refractivity contribution in [3.63, 3.8) is 0 Å². The summed E-state index contributed by atoms with van der Waals surface area (Å²) < 4.78 is 4.90. The topological polar surface area (TPSA) is 79.0 Å². The molecule has 1 fully saturated rings. The molecule has 2 aliphatic heterocycles. The van der Waals surface area contributed by atoms with Gasteiger partial charge in [0.1, 0.15) is 0 Å². The zero-order chi connectivity index (χ0) is 17.1. The second kappa shape index (κ2) is 7.00. The van der Waals surface area contributed by atoms with Gasteiger partial charge in [-0.25, -0.2) is 4.79 Å². The lowest BCUT2D eigenvalue weighted by atomic mass is 10.1. The summed E-state index contributed by atoms with van der Waals surface area (Å²) in [5.74, 6) is -0.507. The molecule has 1 atom stereocenters. The number of piperidine rings is 1. The molecule has 0 spiro atoms. The highest BCUT2D eigenvalue weighted by Crippen LogP contribution is 2.23. The summed E-state index contributed by atoms with van der Waals surface area (Å²) in [6.45, 7) is 3.71. The van der Waals surface area contributed by atoms with Crippen LogP contribution in [0.5, 0.6) is 0 Å². The van der Waals surface area contributed by atoms with Crippen molar-refractivity contribution in [1.29, 1.82) is 0 Å². The number of benzene rings is 1. The summed E-state index contributed by atoms with van der Waals surface area (Å²) >= 11 is 0. The number of hydrogen-bond donors (Lipinski definition) is 1. The number of fused-ring (bicyclic) bond motifs is 1. The molecule has 1 aromatic rings. The van der Waals surface area contributed by atoms with Crippen molar-refractivity contribution in [2.75, 3.05) is 26.4 Å². The monoisotopic (exact) mass is 331 g/mol. The van der Waals surface area contributed by atoms with Crippen LogP contribution in [0, 0.1) is 0 Å². The first-order valence-electron chi connectivity index (χ1n) is 8.21. The van der Waals surface area contributed by atoms with E-state index < -0.39 is 6.09 Å². The molecular weight excluding hydrogens is 310 g/mol. The summed E-state index contributed by atoms with van der Waals surface area (Å²) in [5.41, 5.74) is 0.918. The van der Waals surface area contributed by atoms with Crippen LogP contribution in [-0.2, 0) is 4.74 Å². The molecule has 24 heavy (non-hydrogen) atoms. The maximum atomic E-state index is 12.4. The highest BCUT2D eigenvalue weighted by Gasteiger charge is 2.36. The number of alkyl carbamates (subject to hydrolysis) is 1. The molecule has 1 saturated heterocycles. The first kappa shape index (κ1) is 16.4. The highest BCUT2D eigenvalue weighted by molar-refractivity contribution is 6.21. The summed E-state index contributed by atoms with van der Waals surface area (Å²) in [6.07, 6.45) is 1.32. The van der Waals surface area contributed by atoms with Crippen LogP contribution in [0.25, 0.3) is 0 Å². The number of nitrogens with one attached hydrogen (secondary N) is 1. The quantitative estimate of drug-likeness (QED) is 0.845. The third-order valence-corrected chi connectivity index (χ3v) is 4.32. The minimum atomic E-state index is -0.426. The van der Waals surface area contributed by atoms with Crippen molar-refractivity contribution >= 4 is 17.9 Å². The van der Waals surface area contributed by atoms with E-state index in [4.69, 9.17) is 4.74 Å². The number of carbonyl (C=O) groups excluding carboxylic acids is 3. The van der Waals surface area contributed by atoms with Crippen LogP contribution in [0.2, 0.25) is 0 Å². The molecule has 0 aliphatic carbocycles.